The standard InChI is InChI=1S/C11H10N2O3.C2H6/c1-13-10(14)8-4-6-2-3-7(12)5-9(6)16-11(8)15;1-2/h2-5H,12H2,1H3,(H,13,14);1-2H3. The quantitative estimate of drug-likeness (QED) is 0.594. The number of rotatable bonds is 1. The molecule has 0 aliphatic heterocycles. The van der Waals surface area contributed by atoms with Crippen molar-refractivity contribution < 1.29 is 9.21 Å². The van der Waals surface area contributed by atoms with Crippen LogP contribution in [-0.4, -0.2) is 13.0 Å². The summed E-state index contributed by atoms with van der Waals surface area (Å²) >= 11 is 0. The third kappa shape index (κ3) is 2.68. The van der Waals surface area contributed by atoms with Crippen molar-refractivity contribution in [3.63, 3.8) is 0 Å². The number of nitrogen functional groups attached to an aromatic ring is 1. The van der Waals surface area contributed by atoms with E-state index in [1.165, 1.54) is 13.1 Å². The van der Waals surface area contributed by atoms with Gasteiger partial charge in [-0.15, -0.1) is 0 Å². The Morgan fingerprint density at radius 3 is 2.56 bits per heavy atom. The van der Waals surface area contributed by atoms with Crippen molar-refractivity contribution in [3.8, 4) is 0 Å². The molecule has 0 bridgehead atoms. The van der Waals surface area contributed by atoms with E-state index in [1.54, 1.807) is 18.2 Å². The summed E-state index contributed by atoms with van der Waals surface area (Å²) in [5, 5.41) is 3.03. The maximum absolute atomic E-state index is 11.5. The smallest absolute Gasteiger partial charge is 0.349 e. The molecular weight excluding hydrogens is 232 g/mol. The second-order valence-corrected chi connectivity index (χ2v) is 3.32. The molecule has 1 aromatic carbocycles. The van der Waals surface area contributed by atoms with Gasteiger partial charge in [-0.05, 0) is 18.2 Å². The Hall–Kier alpha value is -2.30. The van der Waals surface area contributed by atoms with E-state index >= 15 is 0 Å². The van der Waals surface area contributed by atoms with Gasteiger partial charge >= 0.3 is 5.63 Å². The monoisotopic (exact) mass is 248 g/mol. The first-order chi connectivity index (χ1) is 8.61. The van der Waals surface area contributed by atoms with Crippen molar-refractivity contribution in [2.24, 2.45) is 0 Å². The molecule has 3 N–H and O–H groups in total. The number of benzene rings is 1. The van der Waals surface area contributed by atoms with Crippen LogP contribution in [0.2, 0.25) is 0 Å². The SMILES string of the molecule is CC.CNC(=O)c1cc2ccc(N)cc2oc1=O. The van der Waals surface area contributed by atoms with E-state index in [4.69, 9.17) is 10.2 Å². The van der Waals surface area contributed by atoms with E-state index in [0.29, 0.717) is 16.7 Å². The molecule has 0 saturated carbocycles. The lowest BCUT2D eigenvalue weighted by Crippen LogP contribution is -2.24. The highest BCUT2D eigenvalue weighted by Gasteiger charge is 2.11. The summed E-state index contributed by atoms with van der Waals surface area (Å²) < 4.78 is 5.00. The second-order valence-electron chi connectivity index (χ2n) is 3.32. The Labute approximate surface area is 105 Å². The maximum Gasteiger partial charge on any atom is 0.349 e. The van der Waals surface area contributed by atoms with E-state index in [1.807, 2.05) is 13.8 Å². The van der Waals surface area contributed by atoms with E-state index in [0.717, 1.165) is 0 Å². The van der Waals surface area contributed by atoms with Crippen LogP contribution in [0.4, 0.5) is 5.69 Å². The number of nitrogens with two attached hydrogens (primary N) is 1. The lowest BCUT2D eigenvalue weighted by Gasteiger charge is -2.01. The Morgan fingerprint density at radius 1 is 1.28 bits per heavy atom. The molecule has 1 aromatic heterocycles. The van der Waals surface area contributed by atoms with Gasteiger partial charge in [-0.3, -0.25) is 4.79 Å². The molecule has 0 fully saturated rings. The van der Waals surface area contributed by atoms with Gasteiger partial charge in [0, 0.05) is 24.2 Å². The lowest BCUT2D eigenvalue weighted by molar-refractivity contribution is 0.0959. The number of hydrogen-bond acceptors (Lipinski definition) is 4. The highest BCUT2D eigenvalue weighted by molar-refractivity contribution is 5.96. The maximum atomic E-state index is 11.5. The first-order valence-electron chi connectivity index (χ1n) is 5.67. The summed E-state index contributed by atoms with van der Waals surface area (Å²) in [5.41, 5.74) is 5.75. The van der Waals surface area contributed by atoms with Crippen molar-refractivity contribution in [1.82, 2.24) is 5.32 Å². The number of hydrogen-bond donors (Lipinski definition) is 2. The van der Waals surface area contributed by atoms with Gasteiger partial charge in [0.25, 0.3) is 5.91 Å². The molecule has 1 heterocycles. The Morgan fingerprint density at radius 2 is 1.94 bits per heavy atom. The van der Waals surface area contributed by atoms with Crippen LogP contribution < -0.4 is 16.7 Å². The molecule has 5 heteroatoms. The average Bonchev–Trinajstić information content (AvgIpc) is 2.39. The van der Waals surface area contributed by atoms with Crippen LogP contribution in [-0.2, 0) is 0 Å². The van der Waals surface area contributed by atoms with Gasteiger partial charge in [0.2, 0.25) is 0 Å². The van der Waals surface area contributed by atoms with Crippen LogP contribution in [0.25, 0.3) is 11.0 Å². The molecule has 1 amide bonds. The van der Waals surface area contributed by atoms with Crippen LogP contribution in [0.3, 0.4) is 0 Å². The molecule has 0 radical (unpaired) electrons. The third-order valence-corrected chi connectivity index (χ3v) is 2.23. The van der Waals surface area contributed by atoms with E-state index < -0.39 is 11.5 Å². The van der Waals surface area contributed by atoms with Crippen molar-refractivity contribution >= 4 is 22.6 Å². The molecule has 0 atom stereocenters. The number of fused-ring (bicyclic) bond motifs is 1. The van der Waals surface area contributed by atoms with Crippen molar-refractivity contribution in [1.29, 1.82) is 0 Å². The highest BCUT2D eigenvalue weighted by atomic mass is 16.4. The van der Waals surface area contributed by atoms with Gasteiger partial charge in [0.15, 0.2) is 0 Å². The van der Waals surface area contributed by atoms with Crippen molar-refractivity contribution in [2.75, 3.05) is 12.8 Å². The molecule has 0 unspecified atom stereocenters. The van der Waals surface area contributed by atoms with Gasteiger partial charge in [-0.2, -0.15) is 0 Å². The molecule has 0 spiro atoms. The molecule has 0 aliphatic rings. The summed E-state index contributed by atoms with van der Waals surface area (Å²) in [4.78, 5) is 22.8. The molecule has 0 saturated heterocycles. The fourth-order valence-corrected chi connectivity index (χ4v) is 1.42. The molecule has 2 aromatic rings. The van der Waals surface area contributed by atoms with Gasteiger partial charge in [0.05, 0.1) is 0 Å². The second kappa shape index (κ2) is 5.86. The van der Waals surface area contributed by atoms with E-state index in [2.05, 4.69) is 5.32 Å². The third-order valence-electron chi connectivity index (χ3n) is 2.23. The molecule has 2 rings (SSSR count). The fraction of sp³-hybridized carbons (Fsp3) is 0.231. The topological polar surface area (TPSA) is 85.3 Å². The first kappa shape index (κ1) is 13.8. The summed E-state index contributed by atoms with van der Waals surface area (Å²) in [6, 6.07) is 6.40. The first-order valence-corrected chi connectivity index (χ1v) is 5.67. The summed E-state index contributed by atoms with van der Waals surface area (Å²) in [7, 11) is 1.45. The van der Waals surface area contributed by atoms with E-state index in [9.17, 15) is 9.59 Å². The highest BCUT2D eigenvalue weighted by Crippen LogP contribution is 2.16. The summed E-state index contributed by atoms with van der Waals surface area (Å²) in [5.74, 6) is -0.465. The van der Waals surface area contributed by atoms with Crippen LogP contribution >= 0.6 is 0 Å². The Bertz CT molecular complexity index is 617. The van der Waals surface area contributed by atoms with Crippen LogP contribution in [0, 0.1) is 0 Å². The predicted molar refractivity (Wildman–Crippen MR) is 71.6 cm³/mol. The van der Waals surface area contributed by atoms with Crippen LogP contribution in [0.15, 0.2) is 33.5 Å². The van der Waals surface area contributed by atoms with Gasteiger partial charge in [-0.25, -0.2) is 4.79 Å². The lowest BCUT2D eigenvalue weighted by atomic mass is 10.1. The van der Waals surface area contributed by atoms with Gasteiger partial charge in [-0.1, -0.05) is 13.8 Å². The van der Waals surface area contributed by atoms with Crippen molar-refractivity contribution in [2.45, 2.75) is 13.8 Å². The zero-order valence-electron chi connectivity index (χ0n) is 10.6. The van der Waals surface area contributed by atoms with Crippen molar-refractivity contribution in [3.05, 3.63) is 40.2 Å². The number of anilines is 1. The van der Waals surface area contributed by atoms with Crippen LogP contribution in [0.5, 0.6) is 0 Å². The summed E-state index contributed by atoms with van der Waals surface area (Å²) in [6.45, 7) is 4.00. The Kier molecular flexibility index (Phi) is 4.48. The van der Waals surface area contributed by atoms with E-state index in [-0.39, 0.29) is 5.56 Å². The minimum Gasteiger partial charge on any atom is -0.422 e. The number of carbonyl (C=O) groups excluding carboxylic acids is 1. The van der Waals surface area contributed by atoms with Crippen LogP contribution in [0.1, 0.15) is 24.2 Å². The van der Waals surface area contributed by atoms with Gasteiger partial charge < -0.3 is 15.5 Å². The number of nitrogens with one attached hydrogen (secondary N) is 1. The summed E-state index contributed by atoms with van der Waals surface area (Å²) in [6.07, 6.45) is 0. The zero-order chi connectivity index (χ0) is 13.7. The molecule has 5 nitrogen and oxygen atoms in total. The average molecular weight is 248 g/mol. The fourth-order valence-electron chi connectivity index (χ4n) is 1.42. The largest absolute Gasteiger partial charge is 0.422 e. The molecular formula is C13H16N2O3. The zero-order valence-corrected chi connectivity index (χ0v) is 10.6. The minimum absolute atomic E-state index is 0.0141. The number of amides is 1. The molecule has 0 aliphatic carbocycles. The normalized spacial score (nSPS) is 9.50. The Balaban J connectivity index is 0.000000771. The number of carbonyl (C=O) groups is 1. The molecule has 18 heavy (non-hydrogen) atoms. The van der Waals surface area contributed by atoms with Gasteiger partial charge in [0.1, 0.15) is 11.1 Å². The minimum atomic E-state index is -0.669. The predicted octanol–water partition coefficient (Wildman–Crippen LogP) is 1.76. The molecule has 96 valence electrons.